The monoisotopic (exact) mass is 263 g/mol. The van der Waals surface area contributed by atoms with Crippen molar-refractivity contribution < 1.29 is 9.84 Å². The quantitative estimate of drug-likeness (QED) is 0.919. The van der Waals surface area contributed by atoms with Gasteiger partial charge >= 0.3 is 0 Å². The molecule has 96 valence electrons. The molecule has 0 aliphatic rings. The van der Waals surface area contributed by atoms with Crippen LogP contribution in [-0.4, -0.2) is 10.1 Å². The van der Waals surface area contributed by atoms with Crippen molar-refractivity contribution in [3.63, 3.8) is 0 Å². The predicted octanol–water partition coefficient (Wildman–Crippen LogP) is 3.39. The second kappa shape index (κ2) is 5.50. The Morgan fingerprint density at radius 1 is 1.39 bits per heavy atom. The van der Waals surface area contributed by atoms with Gasteiger partial charge in [-0.15, -0.1) is 11.3 Å². The molecule has 1 atom stereocenters. The molecule has 1 aromatic carbocycles. The number of aliphatic hydroxyl groups excluding tert-OH is 1. The first-order valence-electron chi connectivity index (χ1n) is 5.89. The fraction of sp³-hybridized carbons (Fsp3) is 0.357. The van der Waals surface area contributed by atoms with Gasteiger partial charge in [0, 0.05) is 11.8 Å². The van der Waals surface area contributed by atoms with Crippen molar-refractivity contribution in [2.24, 2.45) is 0 Å². The summed E-state index contributed by atoms with van der Waals surface area (Å²) in [5.74, 6) is 0.746. The molecule has 0 unspecified atom stereocenters. The van der Waals surface area contributed by atoms with Crippen molar-refractivity contribution in [1.82, 2.24) is 4.98 Å². The van der Waals surface area contributed by atoms with E-state index in [1.54, 1.807) is 18.3 Å². The Bertz CT molecular complexity index is 534. The van der Waals surface area contributed by atoms with Crippen LogP contribution in [0.25, 0.3) is 0 Å². The molecule has 1 N–H and O–H groups in total. The Kier molecular flexibility index (Phi) is 3.99. The van der Waals surface area contributed by atoms with Crippen LogP contribution in [0.4, 0.5) is 0 Å². The number of nitrogens with zero attached hydrogens (tertiary/aromatic N) is 1. The molecule has 0 amide bonds. The summed E-state index contributed by atoms with van der Waals surface area (Å²) in [5, 5.41) is 10.7. The number of ether oxygens (including phenoxy) is 1. The second-order valence-corrected chi connectivity index (χ2v) is 5.67. The molecule has 0 saturated heterocycles. The molecule has 1 heterocycles. The maximum Gasteiger partial charge on any atom is 0.125 e. The SMILES string of the molecule is Cc1ccc([C@H](C)O)c(OCc2cnc(C)s2)c1. The molecular weight excluding hydrogens is 246 g/mol. The van der Waals surface area contributed by atoms with E-state index in [9.17, 15) is 5.11 Å². The second-order valence-electron chi connectivity index (χ2n) is 4.35. The first-order chi connectivity index (χ1) is 8.56. The summed E-state index contributed by atoms with van der Waals surface area (Å²) in [7, 11) is 0. The van der Waals surface area contributed by atoms with Crippen molar-refractivity contribution in [3.05, 3.63) is 45.4 Å². The Balaban J connectivity index is 2.15. The average molecular weight is 263 g/mol. The van der Waals surface area contributed by atoms with Gasteiger partial charge in [0.2, 0.25) is 0 Å². The van der Waals surface area contributed by atoms with Crippen molar-refractivity contribution in [2.75, 3.05) is 0 Å². The molecule has 0 spiro atoms. The van der Waals surface area contributed by atoms with E-state index in [1.165, 1.54) is 0 Å². The Morgan fingerprint density at radius 3 is 2.78 bits per heavy atom. The van der Waals surface area contributed by atoms with E-state index in [0.717, 1.165) is 26.8 Å². The van der Waals surface area contributed by atoms with E-state index >= 15 is 0 Å². The van der Waals surface area contributed by atoms with Crippen LogP contribution < -0.4 is 4.74 Å². The van der Waals surface area contributed by atoms with Crippen molar-refractivity contribution >= 4 is 11.3 Å². The number of aryl methyl sites for hydroxylation is 2. The highest BCUT2D eigenvalue weighted by Crippen LogP contribution is 2.27. The van der Waals surface area contributed by atoms with Crippen LogP contribution in [0.3, 0.4) is 0 Å². The fourth-order valence-corrected chi connectivity index (χ4v) is 2.44. The standard InChI is InChI=1S/C14H17NO2S/c1-9-4-5-13(10(2)16)14(6-9)17-8-12-7-15-11(3)18-12/h4-7,10,16H,8H2,1-3H3/t10-/m0/s1. The third-order valence-electron chi connectivity index (χ3n) is 2.66. The summed E-state index contributed by atoms with van der Waals surface area (Å²) >= 11 is 1.63. The molecule has 3 nitrogen and oxygen atoms in total. The lowest BCUT2D eigenvalue weighted by Crippen LogP contribution is -2.00. The minimum atomic E-state index is -0.524. The summed E-state index contributed by atoms with van der Waals surface area (Å²) in [6.45, 7) is 6.22. The first-order valence-corrected chi connectivity index (χ1v) is 6.70. The van der Waals surface area contributed by atoms with Gasteiger partial charge in [0.15, 0.2) is 0 Å². The predicted molar refractivity (Wildman–Crippen MR) is 73.0 cm³/mol. The number of hydrogen-bond acceptors (Lipinski definition) is 4. The molecular formula is C14H17NO2S. The third kappa shape index (κ3) is 3.09. The third-order valence-corrected chi connectivity index (χ3v) is 3.54. The van der Waals surface area contributed by atoms with Gasteiger partial charge in [-0.25, -0.2) is 4.98 Å². The highest BCUT2D eigenvalue weighted by Gasteiger charge is 2.10. The Labute approximate surface area is 111 Å². The molecule has 0 fully saturated rings. The molecule has 0 radical (unpaired) electrons. The van der Waals surface area contributed by atoms with Gasteiger partial charge in [-0.1, -0.05) is 12.1 Å². The van der Waals surface area contributed by atoms with Crippen LogP contribution >= 0.6 is 11.3 Å². The van der Waals surface area contributed by atoms with Crippen LogP contribution in [0.2, 0.25) is 0 Å². The maximum atomic E-state index is 9.71. The minimum absolute atomic E-state index is 0.495. The summed E-state index contributed by atoms with van der Waals surface area (Å²) in [4.78, 5) is 5.28. The fourth-order valence-electron chi connectivity index (χ4n) is 1.73. The number of aromatic nitrogens is 1. The number of hydrogen-bond donors (Lipinski definition) is 1. The highest BCUT2D eigenvalue weighted by molar-refractivity contribution is 7.11. The van der Waals surface area contributed by atoms with Crippen LogP contribution in [0.15, 0.2) is 24.4 Å². The van der Waals surface area contributed by atoms with Crippen molar-refractivity contribution in [3.8, 4) is 5.75 Å². The van der Waals surface area contributed by atoms with Crippen LogP contribution in [0, 0.1) is 13.8 Å². The molecule has 4 heteroatoms. The highest BCUT2D eigenvalue weighted by atomic mass is 32.1. The molecule has 0 aliphatic heterocycles. The molecule has 2 aromatic rings. The zero-order valence-corrected chi connectivity index (χ0v) is 11.6. The molecule has 0 aliphatic carbocycles. The molecule has 1 aromatic heterocycles. The van der Waals surface area contributed by atoms with Crippen molar-refractivity contribution in [2.45, 2.75) is 33.5 Å². The van der Waals surface area contributed by atoms with Gasteiger partial charge in [-0.2, -0.15) is 0 Å². The smallest absolute Gasteiger partial charge is 0.125 e. The van der Waals surface area contributed by atoms with Gasteiger partial charge in [-0.05, 0) is 32.4 Å². The first kappa shape index (κ1) is 13.1. The molecule has 2 rings (SSSR count). The topological polar surface area (TPSA) is 42.4 Å². The van der Waals surface area contributed by atoms with E-state index in [2.05, 4.69) is 4.98 Å². The average Bonchev–Trinajstić information content (AvgIpc) is 2.72. The van der Waals surface area contributed by atoms with Crippen LogP contribution in [0.1, 0.15) is 34.0 Å². The van der Waals surface area contributed by atoms with Gasteiger partial charge < -0.3 is 9.84 Å². The lowest BCUT2D eigenvalue weighted by Gasteiger charge is -2.13. The van der Waals surface area contributed by atoms with E-state index in [-0.39, 0.29) is 0 Å². The summed E-state index contributed by atoms with van der Waals surface area (Å²) < 4.78 is 5.79. The largest absolute Gasteiger partial charge is 0.488 e. The van der Waals surface area contributed by atoms with Crippen LogP contribution in [0.5, 0.6) is 5.75 Å². The van der Waals surface area contributed by atoms with Gasteiger partial charge in [0.05, 0.1) is 16.0 Å². The number of benzene rings is 1. The molecule has 0 saturated carbocycles. The summed E-state index contributed by atoms with van der Waals surface area (Å²) in [5.41, 5.74) is 1.94. The molecule has 0 bridgehead atoms. The maximum absolute atomic E-state index is 9.71. The minimum Gasteiger partial charge on any atom is -0.488 e. The lowest BCUT2D eigenvalue weighted by molar-refractivity contribution is 0.190. The van der Waals surface area contributed by atoms with Gasteiger partial charge in [-0.3, -0.25) is 0 Å². The Hall–Kier alpha value is -1.39. The van der Waals surface area contributed by atoms with E-state index < -0.39 is 6.10 Å². The van der Waals surface area contributed by atoms with E-state index in [0.29, 0.717) is 6.61 Å². The number of rotatable bonds is 4. The Morgan fingerprint density at radius 2 is 2.17 bits per heavy atom. The van der Waals surface area contributed by atoms with E-state index in [1.807, 2.05) is 38.2 Å². The van der Waals surface area contributed by atoms with Crippen molar-refractivity contribution in [1.29, 1.82) is 0 Å². The zero-order chi connectivity index (χ0) is 13.1. The normalized spacial score (nSPS) is 12.4. The van der Waals surface area contributed by atoms with E-state index in [4.69, 9.17) is 4.74 Å². The number of aliphatic hydroxyl groups is 1. The zero-order valence-electron chi connectivity index (χ0n) is 10.8. The molecule has 18 heavy (non-hydrogen) atoms. The summed E-state index contributed by atoms with van der Waals surface area (Å²) in [6.07, 6.45) is 1.31. The van der Waals surface area contributed by atoms with Crippen LogP contribution in [-0.2, 0) is 6.61 Å². The number of thiazole rings is 1. The lowest BCUT2D eigenvalue weighted by atomic mass is 10.1. The van der Waals surface area contributed by atoms with Gasteiger partial charge in [0.25, 0.3) is 0 Å². The summed E-state index contributed by atoms with van der Waals surface area (Å²) in [6, 6.07) is 5.84. The van der Waals surface area contributed by atoms with Gasteiger partial charge in [0.1, 0.15) is 12.4 Å².